The van der Waals surface area contributed by atoms with Gasteiger partial charge in [-0.15, -0.1) is 0 Å². The fourth-order valence-electron chi connectivity index (χ4n) is 1.78. The monoisotopic (exact) mass is 239 g/mol. The molecule has 17 heavy (non-hydrogen) atoms. The molecule has 3 unspecified atom stereocenters. The van der Waals surface area contributed by atoms with Gasteiger partial charge in [-0.05, 0) is 39.7 Å². The first-order chi connectivity index (χ1) is 8.02. The molecule has 4 heteroatoms. The molecular weight excluding hydrogens is 214 g/mol. The molecule has 98 valence electrons. The molecule has 0 aliphatic carbocycles. The normalized spacial score (nSPS) is 16.8. The lowest BCUT2D eigenvalue weighted by Crippen LogP contribution is -2.28. The van der Waals surface area contributed by atoms with Gasteiger partial charge >= 0.3 is 0 Å². The predicted molar refractivity (Wildman–Crippen MR) is 69.8 cm³/mol. The standard InChI is InChI=1S/C13H25N3O/c1-5-11(3)16-7-6-13(15-16)9-14-10(2)8-12(4)17/h6-7,10-12,14,17H,5,8-9H2,1-4H3. The molecule has 0 radical (unpaired) electrons. The van der Waals surface area contributed by atoms with Crippen molar-refractivity contribution in [3.05, 3.63) is 18.0 Å². The first-order valence-corrected chi connectivity index (χ1v) is 6.48. The summed E-state index contributed by atoms with van der Waals surface area (Å²) < 4.78 is 2.01. The highest BCUT2D eigenvalue weighted by Crippen LogP contribution is 2.09. The number of hydrogen-bond acceptors (Lipinski definition) is 3. The summed E-state index contributed by atoms with van der Waals surface area (Å²) in [5.41, 5.74) is 1.06. The van der Waals surface area contributed by atoms with Crippen LogP contribution in [0.1, 0.15) is 52.3 Å². The van der Waals surface area contributed by atoms with Crippen LogP contribution in [0.3, 0.4) is 0 Å². The second kappa shape index (κ2) is 6.77. The van der Waals surface area contributed by atoms with E-state index in [1.54, 1.807) is 0 Å². The lowest BCUT2D eigenvalue weighted by molar-refractivity contribution is 0.170. The molecule has 1 rings (SSSR count). The van der Waals surface area contributed by atoms with Gasteiger partial charge in [-0.3, -0.25) is 4.68 Å². The van der Waals surface area contributed by atoms with Crippen LogP contribution in [-0.2, 0) is 6.54 Å². The van der Waals surface area contributed by atoms with Gasteiger partial charge in [0.25, 0.3) is 0 Å². The van der Waals surface area contributed by atoms with Gasteiger partial charge in [0.15, 0.2) is 0 Å². The van der Waals surface area contributed by atoms with Crippen molar-refractivity contribution >= 4 is 0 Å². The van der Waals surface area contributed by atoms with E-state index in [4.69, 9.17) is 0 Å². The number of aliphatic hydroxyl groups excluding tert-OH is 1. The van der Waals surface area contributed by atoms with Gasteiger partial charge in [-0.25, -0.2) is 0 Å². The molecule has 2 N–H and O–H groups in total. The minimum Gasteiger partial charge on any atom is -0.393 e. The van der Waals surface area contributed by atoms with E-state index < -0.39 is 0 Å². The predicted octanol–water partition coefficient (Wildman–Crippen LogP) is 2.10. The summed E-state index contributed by atoms with van der Waals surface area (Å²) in [4.78, 5) is 0. The summed E-state index contributed by atoms with van der Waals surface area (Å²) >= 11 is 0. The van der Waals surface area contributed by atoms with Gasteiger partial charge in [0.05, 0.1) is 11.8 Å². The zero-order valence-corrected chi connectivity index (χ0v) is 11.3. The zero-order valence-electron chi connectivity index (χ0n) is 11.3. The van der Waals surface area contributed by atoms with Crippen LogP contribution in [0.4, 0.5) is 0 Å². The van der Waals surface area contributed by atoms with E-state index in [-0.39, 0.29) is 6.10 Å². The molecule has 0 saturated heterocycles. The van der Waals surface area contributed by atoms with E-state index >= 15 is 0 Å². The maximum Gasteiger partial charge on any atom is 0.0762 e. The average molecular weight is 239 g/mol. The molecule has 0 fully saturated rings. The third kappa shape index (κ3) is 4.88. The van der Waals surface area contributed by atoms with E-state index in [0.717, 1.165) is 25.1 Å². The summed E-state index contributed by atoms with van der Waals surface area (Å²) in [6, 6.07) is 2.82. The van der Waals surface area contributed by atoms with Crippen molar-refractivity contribution in [2.75, 3.05) is 0 Å². The minimum absolute atomic E-state index is 0.254. The largest absolute Gasteiger partial charge is 0.393 e. The fraction of sp³-hybridized carbons (Fsp3) is 0.769. The Morgan fingerprint density at radius 1 is 1.41 bits per heavy atom. The van der Waals surface area contributed by atoms with Gasteiger partial charge in [0.2, 0.25) is 0 Å². The number of nitrogens with one attached hydrogen (secondary N) is 1. The summed E-state index contributed by atoms with van der Waals surface area (Å²) in [6.07, 6.45) is 3.64. The van der Waals surface area contributed by atoms with Crippen LogP contribution < -0.4 is 5.32 Å². The molecule has 3 atom stereocenters. The summed E-state index contributed by atoms with van der Waals surface area (Å²) in [5.74, 6) is 0. The molecule has 1 heterocycles. The van der Waals surface area contributed by atoms with Crippen molar-refractivity contribution in [3.63, 3.8) is 0 Å². The van der Waals surface area contributed by atoms with E-state index in [9.17, 15) is 5.11 Å². The minimum atomic E-state index is -0.254. The number of hydrogen-bond donors (Lipinski definition) is 2. The van der Waals surface area contributed by atoms with Crippen molar-refractivity contribution in [1.82, 2.24) is 15.1 Å². The van der Waals surface area contributed by atoms with Crippen LogP contribution in [0.5, 0.6) is 0 Å². The van der Waals surface area contributed by atoms with Crippen molar-refractivity contribution in [2.24, 2.45) is 0 Å². The van der Waals surface area contributed by atoms with Crippen LogP contribution >= 0.6 is 0 Å². The second-order valence-electron chi connectivity index (χ2n) is 4.91. The Bertz CT molecular complexity index is 322. The van der Waals surface area contributed by atoms with E-state index in [1.165, 1.54) is 0 Å². The molecule has 0 spiro atoms. The molecule has 1 aromatic rings. The summed E-state index contributed by atoms with van der Waals surface area (Å²) in [6.45, 7) is 8.99. The van der Waals surface area contributed by atoms with Crippen molar-refractivity contribution in [2.45, 2.75) is 65.3 Å². The Hall–Kier alpha value is -0.870. The Morgan fingerprint density at radius 2 is 2.12 bits per heavy atom. The topological polar surface area (TPSA) is 50.1 Å². The van der Waals surface area contributed by atoms with Crippen LogP contribution in [0, 0.1) is 0 Å². The maximum atomic E-state index is 9.27. The SMILES string of the molecule is CCC(C)n1ccc(CNC(C)CC(C)O)n1. The van der Waals surface area contributed by atoms with E-state index in [0.29, 0.717) is 12.1 Å². The molecule has 4 nitrogen and oxygen atoms in total. The molecule has 1 aromatic heterocycles. The Morgan fingerprint density at radius 3 is 2.71 bits per heavy atom. The van der Waals surface area contributed by atoms with Gasteiger partial charge in [0, 0.05) is 24.8 Å². The summed E-state index contributed by atoms with van der Waals surface area (Å²) in [5, 5.41) is 17.2. The molecule has 0 aliphatic heterocycles. The van der Waals surface area contributed by atoms with Crippen LogP contribution in [0.2, 0.25) is 0 Å². The summed E-state index contributed by atoms with van der Waals surface area (Å²) in [7, 11) is 0. The first kappa shape index (κ1) is 14.2. The van der Waals surface area contributed by atoms with Crippen LogP contribution in [0.25, 0.3) is 0 Å². The molecule has 0 aromatic carbocycles. The zero-order chi connectivity index (χ0) is 12.8. The van der Waals surface area contributed by atoms with Crippen molar-refractivity contribution < 1.29 is 5.11 Å². The maximum absolute atomic E-state index is 9.27. The smallest absolute Gasteiger partial charge is 0.0762 e. The van der Waals surface area contributed by atoms with Crippen molar-refractivity contribution in [3.8, 4) is 0 Å². The lowest BCUT2D eigenvalue weighted by atomic mass is 10.1. The first-order valence-electron chi connectivity index (χ1n) is 6.48. The molecule has 0 amide bonds. The third-order valence-electron chi connectivity index (χ3n) is 3.03. The highest BCUT2D eigenvalue weighted by atomic mass is 16.3. The molecule has 0 saturated carbocycles. The Labute approximate surface area is 104 Å². The highest BCUT2D eigenvalue weighted by molar-refractivity contribution is 4.99. The highest BCUT2D eigenvalue weighted by Gasteiger charge is 2.08. The van der Waals surface area contributed by atoms with Gasteiger partial charge < -0.3 is 10.4 Å². The van der Waals surface area contributed by atoms with E-state index in [1.807, 2.05) is 23.9 Å². The molecule has 0 bridgehead atoms. The van der Waals surface area contributed by atoms with Gasteiger partial charge in [0.1, 0.15) is 0 Å². The number of aromatic nitrogens is 2. The average Bonchev–Trinajstić information content (AvgIpc) is 2.73. The molecular formula is C13H25N3O. The Kier molecular flexibility index (Phi) is 5.65. The number of aliphatic hydroxyl groups is 1. The number of rotatable bonds is 7. The second-order valence-corrected chi connectivity index (χ2v) is 4.91. The van der Waals surface area contributed by atoms with E-state index in [2.05, 4.69) is 31.2 Å². The Balaban J connectivity index is 2.39. The van der Waals surface area contributed by atoms with Gasteiger partial charge in [-0.2, -0.15) is 5.10 Å². The lowest BCUT2D eigenvalue weighted by Gasteiger charge is -2.14. The third-order valence-corrected chi connectivity index (χ3v) is 3.03. The molecule has 0 aliphatic rings. The number of nitrogens with zero attached hydrogens (tertiary/aromatic N) is 2. The fourth-order valence-corrected chi connectivity index (χ4v) is 1.78. The quantitative estimate of drug-likeness (QED) is 0.766. The van der Waals surface area contributed by atoms with Gasteiger partial charge in [-0.1, -0.05) is 6.92 Å². The van der Waals surface area contributed by atoms with Crippen molar-refractivity contribution in [1.29, 1.82) is 0 Å². The van der Waals surface area contributed by atoms with Crippen LogP contribution in [0.15, 0.2) is 12.3 Å². The van der Waals surface area contributed by atoms with Crippen LogP contribution in [-0.4, -0.2) is 27.0 Å².